The fourth-order valence-electron chi connectivity index (χ4n) is 4.39. The number of fused-ring (bicyclic) bond motifs is 1. The van der Waals surface area contributed by atoms with Crippen LogP contribution >= 0.6 is 0 Å². The van der Waals surface area contributed by atoms with Crippen LogP contribution in [0.15, 0.2) is 66.9 Å². The van der Waals surface area contributed by atoms with Crippen LogP contribution in [0, 0.1) is 0 Å². The quantitative estimate of drug-likeness (QED) is 0.178. The number of aliphatic hydroxyl groups excluding tert-OH is 1. The Balaban J connectivity index is 1.44. The molecule has 2 aromatic heterocycles. The minimum Gasteiger partial charge on any atom is -0.477 e. The first-order valence-electron chi connectivity index (χ1n) is 12.5. The SMILES string of the molecule is CC(Cc1ccc2c(c1)cc(C(=O)O)n2Cc1ccc(NCS(C)(=O)=O)cc1)NCC(O)c1ccc(N)nc1. The number of carboxylic acid groups (broad SMARTS) is 1. The molecular weight excluding hydrogens is 518 g/mol. The Kier molecular flexibility index (Phi) is 8.54. The van der Waals surface area contributed by atoms with E-state index >= 15 is 0 Å². The second-order valence-electron chi connectivity index (χ2n) is 9.80. The van der Waals surface area contributed by atoms with Gasteiger partial charge in [-0.2, -0.15) is 0 Å². The molecule has 0 spiro atoms. The van der Waals surface area contributed by atoms with Crippen molar-refractivity contribution in [3.8, 4) is 0 Å². The van der Waals surface area contributed by atoms with Gasteiger partial charge in [0.25, 0.3) is 0 Å². The number of nitrogens with one attached hydrogen (secondary N) is 2. The molecule has 0 saturated heterocycles. The summed E-state index contributed by atoms with van der Waals surface area (Å²) in [6.07, 6.45) is 2.71. The molecule has 206 valence electrons. The van der Waals surface area contributed by atoms with Crippen molar-refractivity contribution in [3.63, 3.8) is 0 Å². The highest BCUT2D eigenvalue weighted by molar-refractivity contribution is 7.90. The smallest absolute Gasteiger partial charge is 0.352 e. The number of hydrogen-bond donors (Lipinski definition) is 5. The van der Waals surface area contributed by atoms with Crippen molar-refractivity contribution in [2.45, 2.75) is 32.0 Å². The van der Waals surface area contributed by atoms with E-state index in [1.807, 2.05) is 37.3 Å². The van der Waals surface area contributed by atoms with Gasteiger partial charge in [-0.15, -0.1) is 0 Å². The molecule has 39 heavy (non-hydrogen) atoms. The van der Waals surface area contributed by atoms with Crippen LogP contribution < -0.4 is 16.4 Å². The molecule has 0 fully saturated rings. The summed E-state index contributed by atoms with van der Waals surface area (Å²) in [6.45, 7) is 2.74. The van der Waals surface area contributed by atoms with Crippen molar-refractivity contribution in [1.29, 1.82) is 0 Å². The van der Waals surface area contributed by atoms with Crippen LogP contribution in [0.5, 0.6) is 0 Å². The van der Waals surface area contributed by atoms with Gasteiger partial charge in [0.1, 0.15) is 17.4 Å². The molecule has 0 radical (unpaired) electrons. The molecule has 6 N–H and O–H groups in total. The highest BCUT2D eigenvalue weighted by Crippen LogP contribution is 2.24. The molecule has 2 aromatic carbocycles. The van der Waals surface area contributed by atoms with Crippen LogP contribution in [0.4, 0.5) is 11.5 Å². The maximum atomic E-state index is 12.0. The highest BCUT2D eigenvalue weighted by atomic mass is 32.2. The number of carboxylic acids is 1. The summed E-state index contributed by atoms with van der Waals surface area (Å²) in [6, 6.07) is 18.3. The van der Waals surface area contributed by atoms with Gasteiger partial charge in [-0.05, 0) is 60.9 Å². The number of aromatic carboxylic acids is 1. The Bertz CT molecular complexity index is 1550. The van der Waals surface area contributed by atoms with Gasteiger partial charge in [-0.25, -0.2) is 18.2 Å². The molecule has 2 unspecified atom stereocenters. The number of nitrogens with zero attached hydrogens (tertiary/aromatic N) is 2. The summed E-state index contributed by atoms with van der Waals surface area (Å²) < 4.78 is 24.5. The van der Waals surface area contributed by atoms with Crippen molar-refractivity contribution in [2.24, 2.45) is 0 Å². The Morgan fingerprint density at radius 1 is 1.08 bits per heavy atom. The first kappa shape index (κ1) is 28.1. The van der Waals surface area contributed by atoms with Gasteiger partial charge in [-0.1, -0.05) is 24.3 Å². The average Bonchev–Trinajstić information content (AvgIpc) is 3.24. The molecule has 4 rings (SSSR count). The predicted octanol–water partition coefficient (Wildman–Crippen LogP) is 3.03. The minimum atomic E-state index is -3.15. The van der Waals surface area contributed by atoms with Gasteiger partial charge in [0.2, 0.25) is 0 Å². The van der Waals surface area contributed by atoms with E-state index in [0.717, 1.165) is 28.3 Å². The van der Waals surface area contributed by atoms with E-state index in [2.05, 4.69) is 15.6 Å². The summed E-state index contributed by atoms with van der Waals surface area (Å²) in [5.41, 5.74) is 9.89. The molecular formula is C28H33N5O5S. The van der Waals surface area contributed by atoms with E-state index in [1.165, 1.54) is 0 Å². The second kappa shape index (κ2) is 11.9. The number of aromatic nitrogens is 2. The fourth-order valence-corrected chi connectivity index (χ4v) is 4.82. The zero-order valence-corrected chi connectivity index (χ0v) is 22.6. The first-order valence-corrected chi connectivity index (χ1v) is 14.5. The molecule has 4 aromatic rings. The van der Waals surface area contributed by atoms with E-state index in [9.17, 15) is 23.4 Å². The molecule has 0 aliphatic rings. The monoisotopic (exact) mass is 551 g/mol. The molecule has 0 saturated carbocycles. The van der Waals surface area contributed by atoms with E-state index in [0.29, 0.717) is 36.6 Å². The number of hydrogen-bond acceptors (Lipinski definition) is 8. The lowest BCUT2D eigenvalue weighted by Gasteiger charge is -2.17. The zero-order valence-electron chi connectivity index (χ0n) is 21.8. The van der Waals surface area contributed by atoms with Crippen molar-refractivity contribution in [3.05, 3.63) is 89.2 Å². The van der Waals surface area contributed by atoms with Crippen molar-refractivity contribution >= 4 is 38.2 Å². The van der Waals surface area contributed by atoms with E-state index in [-0.39, 0.29) is 17.6 Å². The lowest BCUT2D eigenvalue weighted by atomic mass is 10.0. The van der Waals surface area contributed by atoms with Crippen LogP contribution in [0.2, 0.25) is 0 Å². The molecule has 11 heteroatoms. The summed E-state index contributed by atoms with van der Waals surface area (Å²) in [5, 5.41) is 27.3. The van der Waals surface area contributed by atoms with Crippen molar-refractivity contribution in [2.75, 3.05) is 29.7 Å². The lowest BCUT2D eigenvalue weighted by molar-refractivity contribution is 0.0686. The molecule has 2 atom stereocenters. The maximum absolute atomic E-state index is 12.0. The van der Waals surface area contributed by atoms with Gasteiger partial charge in [0, 0.05) is 53.7 Å². The number of rotatable bonds is 12. The molecule has 0 amide bonds. The average molecular weight is 552 g/mol. The van der Waals surface area contributed by atoms with Crippen LogP contribution in [0.25, 0.3) is 10.9 Å². The summed E-state index contributed by atoms with van der Waals surface area (Å²) in [4.78, 5) is 16.0. The number of pyridine rings is 1. The molecule has 0 aliphatic heterocycles. The standard InChI is InChI=1S/C28H33N5O5S/c1-18(30-15-26(34)21-6-10-27(29)31-14-21)11-20-5-9-24-22(12-20)13-25(28(35)36)33(24)16-19-3-7-23(8-4-19)32-17-39(2,37)38/h3-10,12-14,18,26,30,32,34H,11,15-17H2,1-2H3,(H2,29,31)(H,35,36). The van der Waals surface area contributed by atoms with Gasteiger partial charge in [0.05, 0.1) is 6.10 Å². The maximum Gasteiger partial charge on any atom is 0.352 e. The number of carbonyl (C=O) groups is 1. The van der Waals surface area contributed by atoms with Gasteiger partial charge in [-0.3, -0.25) is 0 Å². The number of aliphatic hydroxyl groups is 1. The van der Waals surface area contributed by atoms with Crippen LogP contribution in [-0.2, 0) is 22.8 Å². The van der Waals surface area contributed by atoms with E-state index in [4.69, 9.17) is 5.73 Å². The van der Waals surface area contributed by atoms with E-state index < -0.39 is 21.9 Å². The molecule has 0 aliphatic carbocycles. The number of nitrogens with two attached hydrogens (primary N) is 1. The van der Waals surface area contributed by atoms with Gasteiger partial charge in [0.15, 0.2) is 9.84 Å². The summed E-state index contributed by atoms with van der Waals surface area (Å²) >= 11 is 0. The lowest BCUT2D eigenvalue weighted by Crippen LogP contribution is -2.32. The number of nitrogen functional groups attached to an aromatic ring is 1. The fraction of sp³-hybridized carbons (Fsp3) is 0.286. The normalized spacial score (nSPS) is 13.3. The molecule has 2 heterocycles. The zero-order chi connectivity index (χ0) is 28.2. The number of anilines is 2. The van der Waals surface area contributed by atoms with Crippen molar-refractivity contribution < 1.29 is 23.4 Å². The Labute approximate surface area is 227 Å². The third-order valence-corrected chi connectivity index (χ3v) is 7.08. The summed E-state index contributed by atoms with van der Waals surface area (Å²) in [5.74, 6) is -0.769. The van der Waals surface area contributed by atoms with Gasteiger partial charge >= 0.3 is 5.97 Å². The number of sulfone groups is 1. The Morgan fingerprint density at radius 3 is 2.44 bits per heavy atom. The minimum absolute atomic E-state index is 0.0645. The van der Waals surface area contributed by atoms with Gasteiger partial charge < -0.3 is 31.1 Å². The Hall–Kier alpha value is -3.93. The molecule has 10 nitrogen and oxygen atoms in total. The van der Waals surface area contributed by atoms with Crippen molar-refractivity contribution in [1.82, 2.24) is 14.9 Å². The third-order valence-electron chi connectivity index (χ3n) is 6.41. The van der Waals surface area contributed by atoms with Crippen LogP contribution in [-0.4, -0.2) is 58.9 Å². The largest absolute Gasteiger partial charge is 0.477 e. The second-order valence-corrected chi connectivity index (χ2v) is 11.9. The Morgan fingerprint density at radius 2 is 1.79 bits per heavy atom. The summed E-state index contributed by atoms with van der Waals surface area (Å²) in [7, 11) is -3.15. The highest BCUT2D eigenvalue weighted by Gasteiger charge is 2.16. The number of benzene rings is 2. The van der Waals surface area contributed by atoms with E-state index in [1.54, 1.807) is 41.1 Å². The predicted molar refractivity (Wildman–Crippen MR) is 153 cm³/mol. The third kappa shape index (κ3) is 7.56. The topological polar surface area (TPSA) is 160 Å². The first-order chi connectivity index (χ1) is 18.5. The molecule has 0 bridgehead atoms. The van der Waals surface area contributed by atoms with Crippen LogP contribution in [0.1, 0.15) is 40.2 Å². The van der Waals surface area contributed by atoms with Crippen LogP contribution in [0.3, 0.4) is 0 Å².